The molecule has 1 fully saturated rings. The van der Waals surface area contributed by atoms with Gasteiger partial charge in [-0.2, -0.15) is 18.4 Å². The van der Waals surface area contributed by atoms with Crippen LogP contribution in [0.15, 0.2) is 36.5 Å². The van der Waals surface area contributed by atoms with Gasteiger partial charge in [0.2, 0.25) is 0 Å². The average Bonchev–Trinajstić information content (AvgIpc) is 3.49. The van der Waals surface area contributed by atoms with Crippen LogP contribution >= 0.6 is 11.6 Å². The molecule has 0 spiro atoms. The second-order valence-corrected chi connectivity index (χ2v) is 7.20. The quantitative estimate of drug-likeness (QED) is 0.438. The van der Waals surface area contributed by atoms with Crippen LogP contribution in [0.5, 0.6) is 0 Å². The second-order valence-electron chi connectivity index (χ2n) is 6.81. The Balaban J connectivity index is 0.00000124. The molecule has 1 aromatic carbocycles. The third-order valence-electron chi connectivity index (χ3n) is 4.68. The van der Waals surface area contributed by atoms with Crippen molar-refractivity contribution in [1.29, 1.82) is 5.26 Å². The summed E-state index contributed by atoms with van der Waals surface area (Å²) < 4.78 is 40.7. The minimum atomic E-state index is -4.55. The molecule has 0 unspecified atom stereocenters. The summed E-state index contributed by atoms with van der Waals surface area (Å²) >= 11 is 6.19. The molecule has 156 valence electrons. The Bertz CT molecular complexity index is 1110. The van der Waals surface area contributed by atoms with E-state index in [1.165, 1.54) is 11.6 Å². The van der Waals surface area contributed by atoms with E-state index < -0.39 is 11.9 Å². The zero-order valence-electron chi connectivity index (χ0n) is 16.8. The Morgan fingerprint density at radius 3 is 2.37 bits per heavy atom. The predicted molar refractivity (Wildman–Crippen MR) is 110 cm³/mol. The summed E-state index contributed by atoms with van der Waals surface area (Å²) in [6.07, 6.45) is -1.53. The van der Waals surface area contributed by atoms with Gasteiger partial charge in [0.15, 0.2) is 5.69 Å². The summed E-state index contributed by atoms with van der Waals surface area (Å²) in [4.78, 5) is 8.14. The van der Waals surface area contributed by atoms with Gasteiger partial charge in [0.05, 0.1) is 11.6 Å². The van der Waals surface area contributed by atoms with Gasteiger partial charge in [-0.1, -0.05) is 31.5 Å². The van der Waals surface area contributed by atoms with Crippen molar-refractivity contribution in [2.75, 3.05) is 0 Å². The van der Waals surface area contributed by atoms with Gasteiger partial charge < -0.3 is 4.57 Å². The predicted octanol–water partition coefficient (Wildman–Crippen LogP) is 6.60. The normalized spacial score (nSPS) is 13.4. The first-order chi connectivity index (χ1) is 14.3. The van der Waals surface area contributed by atoms with Crippen molar-refractivity contribution in [2.24, 2.45) is 7.05 Å². The Morgan fingerprint density at radius 1 is 1.10 bits per heavy atom. The van der Waals surface area contributed by atoms with Crippen LogP contribution in [0.2, 0.25) is 5.15 Å². The molecular formula is C22H20ClF3N4. The molecular weight excluding hydrogens is 413 g/mol. The van der Waals surface area contributed by atoms with Gasteiger partial charge in [0.25, 0.3) is 0 Å². The van der Waals surface area contributed by atoms with Crippen LogP contribution in [-0.2, 0) is 13.2 Å². The number of hydrogen-bond acceptors (Lipinski definition) is 3. The first kappa shape index (κ1) is 21.8. The molecule has 0 bridgehead atoms. The van der Waals surface area contributed by atoms with E-state index in [2.05, 4.69) is 9.97 Å². The topological polar surface area (TPSA) is 54.5 Å². The number of benzene rings is 1. The molecule has 30 heavy (non-hydrogen) atoms. The van der Waals surface area contributed by atoms with Gasteiger partial charge in [-0.25, -0.2) is 9.97 Å². The van der Waals surface area contributed by atoms with E-state index in [1.807, 2.05) is 26.0 Å². The Morgan fingerprint density at radius 2 is 1.80 bits per heavy atom. The first-order valence-corrected chi connectivity index (χ1v) is 9.97. The van der Waals surface area contributed by atoms with Crippen LogP contribution in [0.1, 0.15) is 49.6 Å². The van der Waals surface area contributed by atoms with Crippen LogP contribution in [0.4, 0.5) is 13.2 Å². The summed E-state index contributed by atoms with van der Waals surface area (Å²) in [5.74, 6) is 0.490. The van der Waals surface area contributed by atoms with Crippen LogP contribution < -0.4 is 0 Å². The van der Waals surface area contributed by atoms with Crippen molar-refractivity contribution in [3.63, 3.8) is 0 Å². The molecule has 0 saturated heterocycles. The lowest BCUT2D eigenvalue weighted by Crippen LogP contribution is -2.05. The molecule has 1 aliphatic carbocycles. The van der Waals surface area contributed by atoms with Gasteiger partial charge in [-0.3, -0.25) is 0 Å². The van der Waals surface area contributed by atoms with Crippen molar-refractivity contribution in [3.05, 3.63) is 58.6 Å². The number of aryl methyl sites for hydroxylation is 1. The number of imidazole rings is 1. The van der Waals surface area contributed by atoms with Crippen molar-refractivity contribution in [1.82, 2.24) is 14.5 Å². The Kier molecular flexibility index (Phi) is 6.18. The van der Waals surface area contributed by atoms with Crippen molar-refractivity contribution < 1.29 is 13.2 Å². The van der Waals surface area contributed by atoms with Crippen molar-refractivity contribution in [2.45, 2.75) is 38.8 Å². The molecule has 0 aliphatic heterocycles. The summed E-state index contributed by atoms with van der Waals surface area (Å²) in [5, 5.41) is 9.58. The molecule has 1 aliphatic rings. The van der Waals surface area contributed by atoms with Crippen LogP contribution in [0.25, 0.3) is 22.5 Å². The molecule has 0 atom stereocenters. The minimum absolute atomic E-state index is 0.125. The number of pyridine rings is 1. The van der Waals surface area contributed by atoms with Gasteiger partial charge in [-0.05, 0) is 48.2 Å². The Hall–Kier alpha value is -2.85. The maximum absolute atomic E-state index is 13.1. The number of aromatic nitrogens is 3. The molecule has 4 rings (SSSR count). The molecule has 4 nitrogen and oxygen atoms in total. The number of rotatable bonds is 3. The zero-order chi connectivity index (χ0) is 22.1. The molecule has 2 heterocycles. The van der Waals surface area contributed by atoms with E-state index in [-0.39, 0.29) is 5.82 Å². The highest BCUT2D eigenvalue weighted by molar-refractivity contribution is 6.29. The minimum Gasteiger partial charge on any atom is -0.333 e. The zero-order valence-corrected chi connectivity index (χ0v) is 17.5. The van der Waals surface area contributed by atoms with E-state index in [0.717, 1.165) is 30.3 Å². The highest BCUT2D eigenvalue weighted by Gasteiger charge is 2.35. The standard InChI is InChI=1S/C20H14ClF3N4.C2H6/c1-28-10-17(20(22,23)24)27-19(28)15-6-11(9-25)2-5-14(15)13-7-16(12-3-4-12)26-18(21)8-13;1-2/h2,5-8,10,12H,3-4H2,1H3;1-2H3. The molecule has 0 N–H and O–H groups in total. The third-order valence-corrected chi connectivity index (χ3v) is 4.87. The fourth-order valence-electron chi connectivity index (χ4n) is 3.16. The molecule has 2 aromatic heterocycles. The van der Waals surface area contributed by atoms with Gasteiger partial charge in [0, 0.05) is 30.4 Å². The van der Waals surface area contributed by atoms with E-state index in [0.29, 0.717) is 27.8 Å². The summed E-state index contributed by atoms with van der Waals surface area (Å²) in [6.45, 7) is 4.00. The lowest BCUT2D eigenvalue weighted by atomic mass is 9.97. The van der Waals surface area contributed by atoms with Gasteiger partial charge in [-0.15, -0.1) is 0 Å². The lowest BCUT2D eigenvalue weighted by Gasteiger charge is -2.12. The summed E-state index contributed by atoms with van der Waals surface area (Å²) in [6, 6.07) is 10.5. The number of nitriles is 1. The average molecular weight is 433 g/mol. The molecule has 3 aromatic rings. The monoisotopic (exact) mass is 432 g/mol. The summed E-state index contributed by atoms with van der Waals surface area (Å²) in [7, 11) is 1.50. The summed E-state index contributed by atoms with van der Waals surface area (Å²) in [5.41, 5.74) is 2.03. The third kappa shape index (κ3) is 4.49. The first-order valence-electron chi connectivity index (χ1n) is 9.59. The maximum Gasteiger partial charge on any atom is 0.434 e. The van der Waals surface area contributed by atoms with Gasteiger partial charge >= 0.3 is 6.18 Å². The molecule has 8 heteroatoms. The molecule has 0 radical (unpaired) electrons. The maximum atomic E-state index is 13.1. The SMILES string of the molecule is CC.Cn1cc(C(F)(F)F)nc1-c1cc(C#N)ccc1-c1cc(Cl)nc(C2CC2)c1. The molecule has 1 saturated carbocycles. The van der Waals surface area contributed by atoms with E-state index >= 15 is 0 Å². The molecule has 0 amide bonds. The van der Waals surface area contributed by atoms with Crippen molar-refractivity contribution >= 4 is 11.6 Å². The van der Waals surface area contributed by atoms with E-state index in [1.54, 1.807) is 24.3 Å². The fraction of sp³-hybridized carbons (Fsp3) is 0.318. The fourth-order valence-corrected chi connectivity index (χ4v) is 3.38. The largest absolute Gasteiger partial charge is 0.434 e. The van der Waals surface area contributed by atoms with E-state index in [4.69, 9.17) is 11.6 Å². The number of alkyl halides is 3. The van der Waals surface area contributed by atoms with E-state index in [9.17, 15) is 18.4 Å². The van der Waals surface area contributed by atoms with Crippen LogP contribution in [0, 0.1) is 11.3 Å². The Labute approximate surface area is 178 Å². The highest BCUT2D eigenvalue weighted by atomic mass is 35.5. The second kappa shape index (κ2) is 8.49. The smallest absolute Gasteiger partial charge is 0.333 e. The van der Waals surface area contributed by atoms with Crippen LogP contribution in [0.3, 0.4) is 0 Å². The lowest BCUT2D eigenvalue weighted by molar-refractivity contribution is -0.140. The van der Waals surface area contributed by atoms with Crippen molar-refractivity contribution in [3.8, 4) is 28.6 Å². The number of nitrogens with zero attached hydrogens (tertiary/aromatic N) is 4. The number of hydrogen-bond donors (Lipinski definition) is 0. The van der Waals surface area contributed by atoms with Crippen LogP contribution in [-0.4, -0.2) is 14.5 Å². The number of halogens is 4. The highest BCUT2D eigenvalue weighted by Crippen LogP contribution is 2.42. The van der Waals surface area contributed by atoms with Gasteiger partial charge in [0.1, 0.15) is 11.0 Å².